The van der Waals surface area contributed by atoms with Crippen molar-refractivity contribution >= 4 is 5.91 Å². The van der Waals surface area contributed by atoms with E-state index in [2.05, 4.69) is 15.1 Å². The van der Waals surface area contributed by atoms with E-state index < -0.39 is 0 Å². The molecule has 120 valence electrons. The second-order valence-corrected chi connectivity index (χ2v) is 5.63. The van der Waals surface area contributed by atoms with Crippen molar-refractivity contribution < 1.29 is 14.3 Å². The monoisotopic (exact) mass is 306 g/mol. The molecule has 3 rings (SSSR count). The van der Waals surface area contributed by atoms with Crippen molar-refractivity contribution in [1.29, 1.82) is 0 Å². The Kier molecular flexibility index (Phi) is 4.84. The largest absolute Gasteiger partial charge is 0.480 e. The van der Waals surface area contributed by atoms with Crippen LogP contribution in [0.5, 0.6) is 5.88 Å². The van der Waals surface area contributed by atoms with Gasteiger partial charge in [0.2, 0.25) is 5.88 Å². The maximum Gasteiger partial charge on any atom is 0.274 e. The Morgan fingerprint density at radius 3 is 2.50 bits per heavy atom. The molecule has 0 aliphatic carbocycles. The average molecular weight is 306 g/mol. The number of piperazine rings is 1. The maximum atomic E-state index is 12.4. The average Bonchev–Trinajstić information content (AvgIpc) is 2.62. The summed E-state index contributed by atoms with van der Waals surface area (Å²) in [5.41, 5.74) is 0.375. The number of carbonyl (C=O) groups is 1. The van der Waals surface area contributed by atoms with Crippen LogP contribution in [0.3, 0.4) is 0 Å². The van der Waals surface area contributed by atoms with Gasteiger partial charge in [0.15, 0.2) is 5.69 Å². The Balaban J connectivity index is 1.54. The summed E-state index contributed by atoms with van der Waals surface area (Å²) in [6, 6.07) is 3.93. The Hall–Kier alpha value is -1.73. The van der Waals surface area contributed by atoms with Crippen LogP contribution in [0.15, 0.2) is 12.1 Å². The van der Waals surface area contributed by atoms with Crippen molar-refractivity contribution in [3.63, 3.8) is 0 Å². The van der Waals surface area contributed by atoms with E-state index in [1.54, 1.807) is 12.1 Å². The number of amides is 1. The Morgan fingerprint density at radius 1 is 1.18 bits per heavy atom. The van der Waals surface area contributed by atoms with E-state index in [1.165, 1.54) is 7.11 Å². The summed E-state index contributed by atoms with van der Waals surface area (Å²) in [5, 5.41) is 7.79. The highest BCUT2D eigenvalue weighted by molar-refractivity contribution is 5.92. The number of aromatic nitrogens is 2. The molecule has 0 atom stereocenters. The van der Waals surface area contributed by atoms with E-state index in [1.807, 2.05) is 4.90 Å². The van der Waals surface area contributed by atoms with E-state index in [0.29, 0.717) is 17.6 Å². The predicted octanol–water partition coefficient (Wildman–Crippen LogP) is 0.422. The molecule has 2 aliphatic rings. The van der Waals surface area contributed by atoms with Crippen LogP contribution in [0, 0.1) is 0 Å². The lowest BCUT2D eigenvalue weighted by atomic mass is 10.1. The Morgan fingerprint density at radius 2 is 1.91 bits per heavy atom. The van der Waals surface area contributed by atoms with Crippen molar-refractivity contribution in [2.24, 2.45) is 0 Å². The highest BCUT2D eigenvalue weighted by atomic mass is 16.5. The summed E-state index contributed by atoms with van der Waals surface area (Å²) < 4.78 is 10.4. The van der Waals surface area contributed by atoms with Crippen LogP contribution in [0.1, 0.15) is 23.3 Å². The van der Waals surface area contributed by atoms with Gasteiger partial charge in [0.05, 0.1) is 7.11 Å². The summed E-state index contributed by atoms with van der Waals surface area (Å²) in [6.45, 7) is 5.02. The van der Waals surface area contributed by atoms with E-state index >= 15 is 0 Å². The van der Waals surface area contributed by atoms with Gasteiger partial charge in [0.1, 0.15) is 0 Å². The van der Waals surface area contributed by atoms with Crippen LogP contribution >= 0.6 is 0 Å². The number of carbonyl (C=O) groups excluding carboxylic acids is 1. The molecule has 1 amide bonds. The van der Waals surface area contributed by atoms with Gasteiger partial charge in [0, 0.05) is 51.5 Å². The lowest BCUT2D eigenvalue weighted by molar-refractivity contribution is 0.0136. The second kappa shape index (κ2) is 7.02. The number of rotatable bonds is 3. The van der Waals surface area contributed by atoms with Crippen molar-refractivity contribution in [1.82, 2.24) is 20.0 Å². The number of hydrogen-bond acceptors (Lipinski definition) is 6. The third-order valence-corrected chi connectivity index (χ3v) is 4.38. The number of nitrogens with zero attached hydrogens (tertiary/aromatic N) is 4. The first-order chi connectivity index (χ1) is 10.8. The number of ether oxygens (including phenoxy) is 2. The molecule has 0 radical (unpaired) electrons. The van der Waals surface area contributed by atoms with Crippen LogP contribution in [0.2, 0.25) is 0 Å². The van der Waals surface area contributed by atoms with Crippen molar-refractivity contribution in [2.75, 3.05) is 46.5 Å². The fraction of sp³-hybridized carbons (Fsp3) is 0.667. The van der Waals surface area contributed by atoms with Gasteiger partial charge in [-0.3, -0.25) is 9.69 Å². The molecule has 0 bridgehead atoms. The van der Waals surface area contributed by atoms with Crippen molar-refractivity contribution in [3.8, 4) is 5.88 Å². The minimum absolute atomic E-state index is 0.0539. The zero-order valence-electron chi connectivity index (χ0n) is 12.9. The molecule has 2 aliphatic heterocycles. The van der Waals surface area contributed by atoms with Crippen LogP contribution < -0.4 is 4.74 Å². The lowest BCUT2D eigenvalue weighted by Crippen LogP contribution is -2.53. The molecule has 0 aromatic carbocycles. The zero-order chi connectivity index (χ0) is 15.4. The van der Waals surface area contributed by atoms with Crippen LogP contribution in [-0.2, 0) is 4.74 Å². The molecule has 1 aromatic heterocycles. The smallest absolute Gasteiger partial charge is 0.274 e. The highest BCUT2D eigenvalue weighted by Crippen LogP contribution is 2.17. The molecule has 3 heterocycles. The van der Waals surface area contributed by atoms with Gasteiger partial charge in [-0.25, -0.2) is 0 Å². The third-order valence-electron chi connectivity index (χ3n) is 4.38. The predicted molar refractivity (Wildman–Crippen MR) is 79.9 cm³/mol. The summed E-state index contributed by atoms with van der Waals surface area (Å²) >= 11 is 0. The molecule has 0 saturated carbocycles. The van der Waals surface area contributed by atoms with Crippen molar-refractivity contribution in [3.05, 3.63) is 17.8 Å². The van der Waals surface area contributed by atoms with Crippen molar-refractivity contribution in [2.45, 2.75) is 18.9 Å². The molecular weight excluding hydrogens is 284 g/mol. The first-order valence-electron chi connectivity index (χ1n) is 7.76. The molecular formula is C15H22N4O3. The standard InChI is InChI=1S/C15H22N4O3/c1-21-14-3-2-13(16-17-14)15(20)19-8-6-18(7-9-19)12-4-10-22-11-5-12/h2-3,12H,4-11H2,1H3. The Bertz CT molecular complexity index is 494. The summed E-state index contributed by atoms with van der Waals surface area (Å²) in [5.74, 6) is 0.364. The van der Waals surface area contributed by atoms with Gasteiger partial charge in [0.25, 0.3) is 5.91 Å². The first kappa shape index (κ1) is 15.2. The fourth-order valence-corrected chi connectivity index (χ4v) is 3.05. The zero-order valence-corrected chi connectivity index (χ0v) is 12.9. The highest BCUT2D eigenvalue weighted by Gasteiger charge is 2.28. The number of methoxy groups -OCH3 is 1. The quantitative estimate of drug-likeness (QED) is 0.806. The first-order valence-corrected chi connectivity index (χ1v) is 7.76. The van der Waals surface area contributed by atoms with Crippen LogP contribution in [0.25, 0.3) is 0 Å². The van der Waals surface area contributed by atoms with Gasteiger partial charge in [-0.05, 0) is 18.9 Å². The SMILES string of the molecule is COc1ccc(C(=O)N2CCN(C3CCOCC3)CC2)nn1. The minimum atomic E-state index is -0.0539. The summed E-state index contributed by atoms with van der Waals surface area (Å²) in [4.78, 5) is 16.8. The van der Waals surface area contributed by atoms with Gasteiger partial charge >= 0.3 is 0 Å². The molecule has 2 saturated heterocycles. The molecule has 7 heteroatoms. The molecule has 0 unspecified atom stereocenters. The third kappa shape index (κ3) is 3.36. The second-order valence-electron chi connectivity index (χ2n) is 5.63. The van der Waals surface area contributed by atoms with Crippen LogP contribution in [-0.4, -0.2) is 78.4 Å². The molecule has 22 heavy (non-hydrogen) atoms. The van der Waals surface area contributed by atoms with Gasteiger partial charge < -0.3 is 14.4 Å². The molecule has 0 spiro atoms. The van der Waals surface area contributed by atoms with Gasteiger partial charge in [-0.15, -0.1) is 10.2 Å². The maximum absolute atomic E-state index is 12.4. The summed E-state index contributed by atoms with van der Waals surface area (Å²) in [7, 11) is 1.53. The van der Waals surface area contributed by atoms with E-state index in [-0.39, 0.29) is 5.91 Å². The van der Waals surface area contributed by atoms with Gasteiger partial charge in [-0.2, -0.15) is 0 Å². The lowest BCUT2D eigenvalue weighted by Gasteiger charge is -2.40. The number of hydrogen-bond donors (Lipinski definition) is 0. The molecule has 2 fully saturated rings. The topological polar surface area (TPSA) is 67.8 Å². The van der Waals surface area contributed by atoms with E-state index in [0.717, 1.165) is 52.2 Å². The molecule has 0 N–H and O–H groups in total. The van der Waals surface area contributed by atoms with Crippen LogP contribution in [0.4, 0.5) is 0 Å². The van der Waals surface area contributed by atoms with E-state index in [4.69, 9.17) is 9.47 Å². The fourth-order valence-electron chi connectivity index (χ4n) is 3.05. The molecule has 7 nitrogen and oxygen atoms in total. The summed E-state index contributed by atoms with van der Waals surface area (Å²) in [6.07, 6.45) is 2.19. The van der Waals surface area contributed by atoms with E-state index in [9.17, 15) is 4.79 Å². The Labute approximate surface area is 130 Å². The van der Waals surface area contributed by atoms with Gasteiger partial charge in [-0.1, -0.05) is 0 Å². The molecule has 1 aromatic rings. The minimum Gasteiger partial charge on any atom is -0.480 e. The normalized spacial score (nSPS) is 20.9.